The van der Waals surface area contributed by atoms with Crippen molar-refractivity contribution >= 4 is 27.3 Å². The number of nitrogens with zero attached hydrogens (tertiary/aromatic N) is 3. The van der Waals surface area contributed by atoms with Crippen LogP contribution in [0.1, 0.15) is 32.3 Å². The van der Waals surface area contributed by atoms with Gasteiger partial charge >= 0.3 is 0 Å². The van der Waals surface area contributed by atoms with Gasteiger partial charge in [-0.15, -0.1) is 0 Å². The van der Waals surface area contributed by atoms with E-state index in [2.05, 4.69) is 0 Å². The van der Waals surface area contributed by atoms with E-state index in [4.69, 9.17) is 5.26 Å². The number of hydrogen-bond acceptors (Lipinski definition) is 5. The van der Waals surface area contributed by atoms with Crippen molar-refractivity contribution in [3.05, 3.63) is 29.8 Å². The summed E-state index contributed by atoms with van der Waals surface area (Å²) in [4.78, 5) is 28.7. The number of amides is 2. The lowest BCUT2D eigenvalue weighted by Gasteiger charge is -2.33. The zero-order valence-electron chi connectivity index (χ0n) is 15.7. The molecule has 2 aliphatic rings. The maximum Gasteiger partial charge on any atom is 0.228 e. The van der Waals surface area contributed by atoms with Crippen LogP contribution in [0.15, 0.2) is 24.3 Å². The van der Waals surface area contributed by atoms with E-state index < -0.39 is 26.5 Å². The first-order valence-electron chi connectivity index (χ1n) is 8.84. The van der Waals surface area contributed by atoms with Crippen LogP contribution in [-0.4, -0.2) is 55.3 Å². The minimum atomic E-state index is -3.23. The van der Waals surface area contributed by atoms with Gasteiger partial charge in [-0.1, -0.05) is 0 Å². The topological polar surface area (TPSA) is 98.6 Å². The summed E-state index contributed by atoms with van der Waals surface area (Å²) >= 11 is 0. The number of rotatable bonds is 3. The molecule has 2 unspecified atom stereocenters. The van der Waals surface area contributed by atoms with Gasteiger partial charge in [-0.25, -0.2) is 8.42 Å². The van der Waals surface area contributed by atoms with E-state index in [0.717, 1.165) is 0 Å². The van der Waals surface area contributed by atoms with E-state index in [1.807, 2.05) is 19.9 Å². The van der Waals surface area contributed by atoms with Crippen molar-refractivity contribution in [3.8, 4) is 6.07 Å². The Morgan fingerprint density at radius 1 is 1.22 bits per heavy atom. The van der Waals surface area contributed by atoms with Crippen molar-refractivity contribution in [1.29, 1.82) is 5.26 Å². The molecule has 0 saturated carbocycles. The lowest BCUT2D eigenvalue weighted by atomic mass is 9.99. The van der Waals surface area contributed by atoms with Crippen LogP contribution < -0.4 is 4.90 Å². The smallest absolute Gasteiger partial charge is 0.228 e. The molecule has 2 amide bonds. The number of anilines is 1. The maximum absolute atomic E-state index is 13.1. The van der Waals surface area contributed by atoms with Crippen molar-refractivity contribution in [2.45, 2.75) is 37.5 Å². The second kappa shape index (κ2) is 6.64. The summed E-state index contributed by atoms with van der Waals surface area (Å²) in [6.07, 6.45) is 1.71. The summed E-state index contributed by atoms with van der Waals surface area (Å²) < 4.78 is 23.9. The van der Waals surface area contributed by atoms with Crippen molar-refractivity contribution in [2.75, 3.05) is 24.2 Å². The molecule has 3 rings (SSSR count). The molecule has 0 N–H and O–H groups in total. The fraction of sp³-hybridized carbons (Fsp3) is 0.526. The van der Waals surface area contributed by atoms with Crippen LogP contribution in [-0.2, 0) is 19.4 Å². The highest BCUT2D eigenvalue weighted by atomic mass is 32.2. The fourth-order valence-corrected chi connectivity index (χ4v) is 5.05. The fourth-order valence-electron chi connectivity index (χ4n) is 3.92. The minimum Gasteiger partial charge on any atom is -0.336 e. The Kier molecular flexibility index (Phi) is 4.76. The first kappa shape index (κ1) is 19.4. The number of benzene rings is 1. The van der Waals surface area contributed by atoms with Crippen LogP contribution in [0.25, 0.3) is 0 Å². The van der Waals surface area contributed by atoms with Gasteiger partial charge in [0.15, 0.2) is 9.84 Å². The molecule has 1 aromatic carbocycles. The van der Waals surface area contributed by atoms with Crippen molar-refractivity contribution in [2.24, 2.45) is 5.92 Å². The van der Waals surface area contributed by atoms with Gasteiger partial charge in [0.25, 0.3) is 0 Å². The largest absolute Gasteiger partial charge is 0.336 e. The van der Waals surface area contributed by atoms with Gasteiger partial charge < -0.3 is 9.80 Å². The monoisotopic (exact) mass is 389 g/mol. The lowest BCUT2D eigenvalue weighted by molar-refractivity contribution is -0.138. The molecular weight excluding hydrogens is 366 g/mol. The number of hydrogen-bond donors (Lipinski definition) is 0. The van der Waals surface area contributed by atoms with Crippen molar-refractivity contribution in [1.82, 2.24) is 4.90 Å². The highest BCUT2D eigenvalue weighted by molar-refractivity contribution is 7.91. The third kappa shape index (κ3) is 3.69. The molecule has 27 heavy (non-hydrogen) atoms. The number of likely N-dealkylation sites (tertiary alicyclic amines) is 1. The normalized spacial score (nSPS) is 24.9. The molecule has 2 fully saturated rings. The quantitative estimate of drug-likeness (QED) is 0.777. The Balaban J connectivity index is 1.76. The van der Waals surface area contributed by atoms with Crippen LogP contribution in [0, 0.1) is 17.2 Å². The average Bonchev–Trinajstić information content (AvgIpc) is 3.14. The molecule has 144 valence electrons. The second-order valence-electron chi connectivity index (χ2n) is 7.98. The molecule has 0 aromatic heterocycles. The SMILES string of the molecule is CC1(C)CC(S(C)(=O)=O)CN1C(=O)C1CC(=O)N(c2ccc(C#N)cc2)C1. The molecule has 0 radical (unpaired) electrons. The van der Waals surface area contributed by atoms with Gasteiger partial charge in [-0.05, 0) is 44.5 Å². The summed E-state index contributed by atoms with van der Waals surface area (Å²) in [5, 5.41) is 8.32. The first-order chi connectivity index (χ1) is 12.5. The average molecular weight is 389 g/mol. The van der Waals surface area contributed by atoms with E-state index >= 15 is 0 Å². The molecule has 7 nitrogen and oxygen atoms in total. The molecule has 0 spiro atoms. The number of sulfone groups is 1. The molecule has 1 aromatic rings. The molecule has 0 bridgehead atoms. The molecule has 2 saturated heterocycles. The Labute approximate surface area is 159 Å². The summed E-state index contributed by atoms with van der Waals surface area (Å²) in [5.41, 5.74) is 0.600. The molecular formula is C19H23N3O4S. The molecule has 0 aliphatic carbocycles. The second-order valence-corrected chi connectivity index (χ2v) is 10.3. The van der Waals surface area contributed by atoms with E-state index in [9.17, 15) is 18.0 Å². The van der Waals surface area contributed by atoms with Gasteiger partial charge in [-0.3, -0.25) is 9.59 Å². The number of carbonyl (C=O) groups is 2. The highest BCUT2D eigenvalue weighted by Crippen LogP contribution is 2.35. The maximum atomic E-state index is 13.1. The van der Waals surface area contributed by atoms with E-state index in [-0.39, 0.29) is 31.3 Å². The summed E-state index contributed by atoms with van der Waals surface area (Å²) in [7, 11) is -3.23. The highest BCUT2D eigenvalue weighted by Gasteiger charge is 2.48. The van der Waals surface area contributed by atoms with Crippen LogP contribution in [0.5, 0.6) is 0 Å². The van der Waals surface area contributed by atoms with Gasteiger partial charge in [-0.2, -0.15) is 5.26 Å². The summed E-state index contributed by atoms with van der Waals surface area (Å²) in [5.74, 6) is -0.809. The third-order valence-electron chi connectivity index (χ3n) is 5.50. The zero-order chi connectivity index (χ0) is 20.0. The third-order valence-corrected chi connectivity index (χ3v) is 7.02. The minimum absolute atomic E-state index is 0.106. The van der Waals surface area contributed by atoms with Gasteiger partial charge in [0.05, 0.1) is 22.8 Å². The van der Waals surface area contributed by atoms with Gasteiger partial charge in [0.1, 0.15) is 0 Å². The zero-order valence-corrected chi connectivity index (χ0v) is 16.5. The van der Waals surface area contributed by atoms with Crippen molar-refractivity contribution in [3.63, 3.8) is 0 Å². The summed E-state index contributed by atoms with van der Waals surface area (Å²) in [6, 6.07) is 8.70. The lowest BCUT2D eigenvalue weighted by Crippen LogP contribution is -2.46. The summed E-state index contributed by atoms with van der Waals surface area (Å²) in [6.45, 7) is 4.17. The first-order valence-corrected chi connectivity index (χ1v) is 10.8. The van der Waals surface area contributed by atoms with Crippen LogP contribution in [0.2, 0.25) is 0 Å². The predicted octanol–water partition coefficient (Wildman–Crippen LogP) is 1.34. The molecule has 2 atom stereocenters. The molecule has 2 aliphatic heterocycles. The number of nitriles is 1. The molecule has 2 heterocycles. The van der Waals surface area contributed by atoms with Crippen LogP contribution >= 0.6 is 0 Å². The number of carbonyl (C=O) groups excluding carboxylic acids is 2. The van der Waals surface area contributed by atoms with Crippen molar-refractivity contribution < 1.29 is 18.0 Å². The van der Waals surface area contributed by atoms with E-state index in [1.165, 1.54) is 6.26 Å². The Bertz CT molecular complexity index is 915. The van der Waals surface area contributed by atoms with Gasteiger partial charge in [0, 0.05) is 37.0 Å². The Morgan fingerprint density at radius 3 is 2.37 bits per heavy atom. The van der Waals surface area contributed by atoms with E-state index in [1.54, 1.807) is 34.1 Å². The Hall–Kier alpha value is -2.40. The van der Waals surface area contributed by atoms with Crippen LogP contribution in [0.3, 0.4) is 0 Å². The van der Waals surface area contributed by atoms with Gasteiger partial charge in [0.2, 0.25) is 11.8 Å². The Morgan fingerprint density at radius 2 is 1.85 bits per heavy atom. The predicted molar refractivity (Wildman–Crippen MR) is 101 cm³/mol. The molecule has 8 heteroatoms. The van der Waals surface area contributed by atoms with Crippen LogP contribution in [0.4, 0.5) is 5.69 Å². The van der Waals surface area contributed by atoms with E-state index in [0.29, 0.717) is 17.7 Å². The standard InChI is InChI=1S/C19H23N3O4S/c1-19(2)9-16(27(3,25)26)12-22(19)18(24)14-8-17(23)21(11-14)15-6-4-13(10-20)5-7-15/h4-7,14,16H,8-9,11-12H2,1-3H3.